The lowest BCUT2D eigenvalue weighted by atomic mass is 10.1. The third-order valence-electron chi connectivity index (χ3n) is 7.09. The Morgan fingerprint density at radius 2 is 1.88 bits per heavy atom. The summed E-state index contributed by atoms with van der Waals surface area (Å²) in [6.07, 6.45) is 1.43. The molecule has 0 radical (unpaired) electrons. The van der Waals surface area contributed by atoms with Crippen molar-refractivity contribution < 1.29 is 29.6 Å². The summed E-state index contributed by atoms with van der Waals surface area (Å²) in [5, 5.41) is 34.6. The number of benzene rings is 2. The van der Waals surface area contributed by atoms with Crippen LogP contribution in [0.4, 0.5) is 11.5 Å². The fraction of sp³-hybridized carbons (Fsp3) is 0.355. The summed E-state index contributed by atoms with van der Waals surface area (Å²) in [7, 11) is 0. The minimum absolute atomic E-state index is 0.0291. The maximum Gasteiger partial charge on any atom is 0.227 e. The van der Waals surface area contributed by atoms with E-state index in [1.807, 2.05) is 44.2 Å². The molecule has 3 atom stereocenters. The molecular weight excluding hydrogens is 538 g/mol. The van der Waals surface area contributed by atoms with Crippen molar-refractivity contribution in [1.82, 2.24) is 19.9 Å². The number of aromatic nitrogens is 3. The highest BCUT2D eigenvalue weighted by atomic mass is 16.5. The molecule has 4 aromatic rings. The van der Waals surface area contributed by atoms with Gasteiger partial charge in [0, 0.05) is 29.7 Å². The Bertz CT molecular complexity index is 1530. The van der Waals surface area contributed by atoms with Crippen LogP contribution in [0.5, 0.6) is 17.2 Å². The highest BCUT2D eigenvalue weighted by molar-refractivity contribution is 5.91. The van der Waals surface area contributed by atoms with E-state index in [9.17, 15) is 20.1 Å². The number of fused-ring (bicyclic) bond motifs is 1. The molecule has 220 valence electrons. The number of carbonyl (C=O) groups excluding carboxylic acids is 1. The number of nitrogens with one attached hydrogen (secondary N) is 1. The maximum absolute atomic E-state index is 12.3. The summed E-state index contributed by atoms with van der Waals surface area (Å²) in [4.78, 5) is 26.7. The Balaban J connectivity index is 1.20. The summed E-state index contributed by atoms with van der Waals surface area (Å²) < 4.78 is 11.8. The average Bonchev–Trinajstić information content (AvgIpc) is 3.40. The number of hydrogen-bond donors (Lipinski definition) is 4. The zero-order valence-electron chi connectivity index (χ0n) is 23.6. The van der Waals surface area contributed by atoms with E-state index in [-0.39, 0.29) is 25.4 Å². The number of rotatable bonds is 11. The van der Waals surface area contributed by atoms with Gasteiger partial charge in [-0.25, -0.2) is 9.97 Å². The number of likely N-dealkylation sites (tertiary alicyclic amines) is 1. The van der Waals surface area contributed by atoms with Crippen LogP contribution < -0.4 is 14.8 Å². The van der Waals surface area contributed by atoms with E-state index < -0.39 is 18.4 Å². The van der Waals surface area contributed by atoms with Crippen LogP contribution in [-0.4, -0.2) is 72.7 Å². The molecule has 1 saturated heterocycles. The summed E-state index contributed by atoms with van der Waals surface area (Å²) in [6, 6.07) is 14.9. The molecule has 0 aliphatic carbocycles. The van der Waals surface area contributed by atoms with Crippen molar-refractivity contribution in [2.75, 3.05) is 18.5 Å². The Labute approximate surface area is 243 Å². The third kappa shape index (κ3) is 7.30. The lowest BCUT2D eigenvalue weighted by Gasteiger charge is -2.22. The first-order chi connectivity index (χ1) is 20.2. The highest BCUT2D eigenvalue weighted by Gasteiger charge is 2.28. The van der Waals surface area contributed by atoms with Gasteiger partial charge in [-0.3, -0.25) is 9.78 Å². The van der Waals surface area contributed by atoms with Gasteiger partial charge in [0.2, 0.25) is 5.91 Å². The SMILES string of the molecule is Cc1ccc(Oc2ccc(Nc3ncnc4ccc(OCC(O)CC(O)CC(=O)N5CCCC5O)cc34)cc2C)cn1. The Morgan fingerprint density at radius 1 is 1.05 bits per heavy atom. The predicted octanol–water partition coefficient (Wildman–Crippen LogP) is 4.00. The molecule has 1 fully saturated rings. The van der Waals surface area contributed by atoms with E-state index in [2.05, 4.69) is 20.3 Å². The number of ether oxygens (including phenoxy) is 2. The van der Waals surface area contributed by atoms with E-state index in [1.165, 1.54) is 11.2 Å². The lowest BCUT2D eigenvalue weighted by Crippen LogP contribution is -2.38. The monoisotopic (exact) mass is 573 g/mol. The van der Waals surface area contributed by atoms with Crippen molar-refractivity contribution in [3.05, 3.63) is 72.3 Å². The predicted molar refractivity (Wildman–Crippen MR) is 157 cm³/mol. The van der Waals surface area contributed by atoms with Crippen LogP contribution >= 0.6 is 0 Å². The molecule has 42 heavy (non-hydrogen) atoms. The van der Waals surface area contributed by atoms with E-state index in [1.54, 1.807) is 24.4 Å². The van der Waals surface area contributed by atoms with Gasteiger partial charge in [0.15, 0.2) is 0 Å². The molecule has 5 rings (SSSR count). The van der Waals surface area contributed by atoms with Gasteiger partial charge in [0.1, 0.15) is 42.2 Å². The zero-order valence-corrected chi connectivity index (χ0v) is 23.6. The van der Waals surface area contributed by atoms with Crippen LogP contribution in [-0.2, 0) is 4.79 Å². The number of carbonyl (C=O) groups is 1. The van der Waals surface area contributed by atoms with Crippen LogP contribution in [0.25, 0.3) is 10.9 Å². The first-order valence-corrected chi connectivity index (χ1v) is 13.9. The number of amides is 1. The molecule has 0 bridgehead atoms. The van der Waals surface area contributed by atoms with E-state index in [4.69, 9.17) is 9.47 Å². The van der Waals surface area contributed by atoms with Crippen LogP contribution in [0.3, 0.4) is 0 Å². The Hall–Kier alpha value is -4.32. The largest absolute Gasteiger partial charge is 0.491 e. The van der Waals surface area contributed by atoms with Crippen molar-refractivity contribution in [3.63, 3.8) is 0 Å². The zero-order chi connectivity index (χ0) is 29.6. The van der Waals surface area contributed by atoms with Gasteiger partial charge in [0.05, 0.1) is 30.3 Å². The summed E-state index contributed by atoms with van der Waals surface area (Å²) in [5.41, 5.74) is 3.37. The van der Waals surface area contributed by atoms with Crippen LogP contribution in [0.1, 0.15) is 36.9 Å². The average molecular weight is 574 g/mol. The minimum atomic E-state index is -1.04. The standard InChI is InChI=1S/C31H35N5O6/c1-19-12-21(6-10-28(19)42-25-7-5-20(2)32-16-25)35-31-26-15-24(8-9-27(26)33-18-34-31)41-17-23(38)13-22(37)14-30(40)36-11-3-4-29(36)39/h5-10,12,15-16,18,22-23,29,37-39H,3-4,11,13-14,17H2,1-2H3,(H,33,34,35). The van der Waals surface area contributed by atoms with Crippen molar-refractivity contribution in [2.24, 2.45) is 0 Å². The van der Waals surface area contributed by atoms with Gasteiger partial charge in [-0.2, -0.15) is 0 Å². The molecule has 2 aromatic heterocycles. The molecule has 1 amide bonds. The van der Waals surface area contributed by atoms with Crippen molar-refractivity contribution in [3.8, 4) is 17.2 Å². The fourth-order valence-corrected chi connectivity index (χ4v) is 4.86. The molecule has 1 aliphatic rings. The molecular formula is C31H35N5O6. The smallest absolute Gasteiger partial charge is 0.227 e. The van der Waals surface area contributed by atoms with Crippen LogP contribution in [0.15, 0.2) is 61.1 Å². The highest BCUT2D eigenvalue weighted by Crippen LogP contribution is 2.31. The maximum atomic E-state index is 12.3. The van der Waals surface area contributed by atoms with E-state index in [0.717, 1.165) is 34.5 Å². The minimum Gasteiger partial charge on any atom is -0.491 e. The number of anilines is 2. The second-order valence-corrected chi connectivity index (χ2v) is 10.5. The molecule has 0 saturated carbocycles. The first kappa shape index (κ1) is 29.2. The van der Waals surface area contributed by atoms with Crippen molar-refractivity contribution in [2.45, 2.75) is 58.0 Å². The van der Waals surface area contributed by atoms with Crippen molar-refractivity contribution in [1.29, 1.82) is 0 Å². The molecule has 3 heterocycles. The molecule has 2 aromatic carbocycles. The molecule has 11 nitrogen and oxygen atoms in total. The first-order valence-electron chi connectivity index (χ1n) is 13.9. The molecule has 0 spiro atoms. The second-order valence-electron chi connectivity index (χ2n) is 10.5. The quantitative estimate of drug-likeness (QED) is 0.207. The number of aliphatic hydroxyl groups is 3. The van der Waals surface area contributed by atoms with Crippen molar-refractivity contribution >= 4 is 28.3 Å². The second kappa shape index (κ2) is 13.1. The normalized spacial score (nSPS) is 16.3. The number of pyridine rings is 1. The van der Waals surface area contributed by atoms with Gasteiger partial charge in [-0.15, -0.1) is 0 Å². The lowest BCUT2D eigenvalue weighted by molar-refractivity contribution is -0.140. The topological polar surface area (TPSA) is 150 Å². The molecule has 1 aliphatic heterocycles. The fourth-order valence-electron chi connectivity index (χ4n) is 4.86. The van der Waals surface area contributed by atoms with Crippen LogP contribution in [0.2, 0.25) is 0 Å². The number of aryl methyl sites for hydroxylation is 2. The third-order valence-corrected chi connectivity index (χ3v) is 7.09. The number of hydrogen-bond acceptors (Lipinski definition) is 10. The van der Waals surface area contributed by atoms with Gasteiger partial charge >= 0.3 is 0 Å². The Morgan fingerprint density at radius 3 is 2.62 bits per heavy atom. The van der Waals surface area contributed by atoms with Crippen LogP contribution in [0, 0.1) is 13.8 Å². The number of aliphatic hydroxyl groups excluding tert-OH is 3. The van der Waals surface area contributed by atoms with Gasteiger partial charge in [0.25, 0.3) is 0 Å². The van der Waals surface area contributed by atoms with E-state index in [0.29, 0.717) is 35.8 Å². The number of nitrogens with zero attached hydrogens (tertiary/aromatic N) is 4. The summed E-state index contributed by atoms with van der Waals surface area (Å²) in [6.45, 7) is 4.29. The summed E-state index contributed by atoms with van der Waals surface area (Å²) in [5.74, 6) is 2.14. The van der Waals surface area contributed by atoms with Gasteiger partial charge < -0.3 is 35.0 Å². The molecule has 4 N–H and O–H groups in total. The molecule has 3 unspecified atom stereocenters. The Kier molecular flexibility index (Phi) is 9.11. The van der Waals surface area contributed by atoms with E-state index >= 15 is 0 Å². The molecule has 11 heteroatoms. The van der Waals surface area contributed by atoms with Gasteiger partial charge in [-0.05, 0) is 80.8 Å². The van der Waals surface area contributed by atoms with Gasteiger partial charge in [-0.1, -0.05) is 0 Å². The summed E-state index contributed by atoms with van der Waals surface area (Å²) >= 11 is 0.